The van der Waals surface area contributed by atoms with Gasteiger partial charge in [0.1, 0.15) is 0 Å². The Labute approximate surface area is 149 Å². The second kappa shape index (κ2) is 7.61. The minimum Gasteiger partial charge on any atom is -0.504 e. The van der Waals surface area contributed by atoms with Crippen LogP contribution in [-0.4, -0.2) is 29.0 Å². The molecule has 0 heterocycles. The van der Waals surface area contributed by atoms with Gasteiger partial charge in [0.25, 0.3) is 0 Å². The molecule has 5 nitrogen and oxygen atoms in total. The summed E-state index contributed by atoms with van der Waals surface area (Å²) in [6.45, 7) is 2.24. The number of carbonyl (C=O) groups is 1. The maximum Gasteiger partial charge on any atom is 0.335 e. The van der Waals surface area contributed by atoms with Crippen LogP contribution in [0.5, 0.6) is 11.5 Å². The summed E-state index contributed by atoms with van der Waals surface area (Å²) in [5, 5.41) is 19.3. The van der Waals surface area contributed by atoms with Gasteiger partial charge < -0.3 is 14.9 Å². The zero-order valence-electron chi connectivity index (χ0n) is 12.1. The molecule has 0 aliphatic heterocycles. The maximum absolute atomic E-state index is 11.0. The van der Waals surface area contributed by atoms with Crippen LogP contribution in [0.4, 0.5) is 5.69 Å². The highest BCUT2D eigenvalue weighted by Gasteiger charge is 2.14. The molecular weight excluding hydrogens is 430 g/mol. The SMILES string of the molecule is CCOc1cc(Br)c(Br)c(/C=N/c2cccc(C(=O)O)c2)c1O. The van der Waals surface area contributed by atoms with Gasteiger partial charge in [0.05, 0.1) is 23.4 Å². The third-order valence-corrected chi connectivity index (χ3v) is 4.94. The smallest absolute Gasteiger partial charge is 0.335 e. The molecule has 0 saturated heterocycles. The van der Waals surface area contributed by atoms with Crippen molar-refractivity contribution >= 4 is 49.7 Å². The molecule has 0 unspecified atom stereocenters. The second-order valence-corrected chi connectivity index (χ2v) is 6.13. The predicted molar refractivity (Wildman–Crippen MR) is 95.3 cm³/mol. The van der Waals surface area contributed by atoms with E-state index >= 15 is 0 Å². The van der Waals surface area contributed by atoms with Crippen LogP contribution >= 0.6 is 31.9 Å². The normalized spacial score (nSPS) is 10.9. The van der Waals surface area contributed by atoms with Crippen LogP contribution in [0, 0.1) is 0 Å². The van der Waals surface area contributed by atoms with E-state index in [1.807, 2.05) is 6.92 Å². The van der Waals surface area contributed by atoms with Gasteiger partial charge in [0.2, 0.25) is 0 Å². The number of phenolic OH excluding ortho intramolecular Hbond substituents is 1. The van der Waals surface area contributed by atoms with Crippen LogP contribution in [0.2, 0.25) is 0 Å². The van der Waals surface area contributed by atoms with Crippen molar-refractivity contribution in [1.29, 1.82) is 0 Å². The van der Waals surface area contributed by atoms with E-state index in [-0.39, 0.29) is 11.3 Å². The fourth-order valence-electron chi connectivity index (χ4n) is 1.85. The van der Waals surface area contributed by atoms with Crippen LogP contribution in [0.3, 0.4) is 0 Å². The Balaban J connectivity index is 2.43. The number of phenols is 1. The van der Waals surface area contributed by atoms with E-state index in [9.17, 15) is 9.90 Å². The van der Waals surface area contributed by atoms with Gasteiger partial charge in [-0.05, 0) is 63.0 Å². The van der Waals surface area contributed by atoms with Gasteiger partial charge in [0.15, 0.2) is 11.5 Å². The van der Waals surface area contributed by atoms with Crippen molar-refractivity contribution in [2.75, 3.05) is 6.61 Å². The molecule has 0 aliphatic carbocycles. The van der Waals surface area contributed by atoms with Gasteiger partial charge in [-0.3, -0.25) is 4.99 Å². The van der Waals surface area contributed by atoms with E-state index in [2.05, 4.69) is 36.9 Å². The van der Waals surface area contributed by atoms with Crippen molar-refractivity contribution in [3.8, 4) is 11.5 Å². The average molecular weight is 443 g/mol. The van der Waals surface area contributed by atoms with Gasteiger partial charge >= 0.3 is 5.97 Å². The molecule has 2 N–H and O–H groups in total. The van der Waals surface area contributed by atoms with Gasteiger partial charge in [0, 0.05) is 15.2 Å². The number of nitrogens with zero attached hydrogens (tertiary/aromatic N) is 1. The first-order valence-electron chi connectivity index (χ1n) is 6.65. The number of ether oxygens (including phenoxy) is 1. The van der Waals surface area contributed by atoms with Crippen LogP contribution < -0.4 is 4.74 Å². The Morgan fingerprint density at radius 1 is 1.35 bits per heavy atom. The lowest BCUT2D eigenvalue weighted by Gasteiger charge is -2.11. The van der Waals surface area contributed by atoms with Crippen molar-refractivity contribution in [2.24, 2.45) is 4.99 Å². The Hall–Kier alpha value is -1.86. The monoisotopic (exact) mass is 441 g/mol. The Morgan fingerprint density at radius 3 is 2.74 bits per heavy atom. The molecule has 0 amide bonds. The summed E-state index contributed by atoms with van der Waals surface area (Å²) in [7, 11) is 0. The van der Waals surface area contributed by atoms with Crippen LogP contribution in [0.25, 0.3) is 0 Å². The number of hydrogen-bond donors (Lipinski definition) is 2. The van der Waals surface area contributed by atoms with E-state index in [1.54, 1.807) is 18.2 Å². The van der Waals surface area contributed by atoms with Gasteiger partial charge in [-0.1, -0.05) is 6.07 Å². The van der Waals surface area contributed by atoms with Crippen molar-refractivity contribution in [1.82, 2.24) is 0 Å². The lowest BCUT2D eigenvalue weighted by atomic mass is 10.2. The van der Waals surface area contributed by atoms with E-state index in [0.29, 0.717) is 32.6 Å². The summed E-state index contributed by atoms with van der Waals surface area (Å²) in [4.78, 5) is 15.2. The number of aliphatic imine (C=N–C) groups is 1. The number of hydrogen-bond acceptors (Lipinski definition) is 4. The number of carboxylic acid groups (broad SMARTS) is 1. The molecule has 2 rings (SSSR count). The molecule has 0 aromatic heterocycles. The summed E-state index contributed by atoms with van der Waals surface area (Å²) in [5.41, 5.74) is 1.05. The molecule has 0 saturated carbocycles. The highest BCUT2D eigenvalue weighted by molar-refractivity contribution is 9.13. The molecule has 2 aromatic carbocycles. The fraction of sp³-hybridized carbons (Fsp3) is 0.125. The number of benzene rings is 2. The number of rotatable bonds is 5. The molecule has 0 bridgehead atoms. The molecule has 0 aliphatic rings. The Bertz CT molecular complexity index is 775. The standard InChI is InChI=1S/C16H13Br2NO4/c1-2-23-13-7-12(17)14(18)11(15(13)20)8-19-10-5-3-4-9(6-10)16(21)22/h3-8,20H,2H2,1H3,(H,21,22)/b19-8+. The molecule has 2 aromatic rings. The maximum atomic E-state index is 11.0. The molecule has 120 valence electrons. The zero-order chi connectivity index (χ0) is 17.0. The number of halogens is 2. The van der Waals surface area contributed by atoms with Gasteiger partial charge in [-0.2, -0.15) is 0 Å². The van der Waals surface area contributed by atoms with Crippen molar-refractivity contribution in [3.63, 3.8) is 0 Å². The fourth-order valence-corrected chi connectivity index (χ4v) is 2.68. The summed E-state index contributed by atoms with van der Waals surface area (Å²) in [6, 6.07) is 7.88. The highest BCUT2D eigenvalue weighted by atomic mass is 79.9. The number of aromatic hydroxyl groups is 1. The molecule has 0 radical (unpaired) electrons. The molecule has 0 atom stereocenters. The lowest BCUT2D eigenvalue weighted by Crippen LogP contribution is -1.96. The largest absolute Gasteiger partial charge is 0.504 e. The van der Waals surface area contributed by atoms with Crippen LogP contribution in [0.1, 0.15) is 22.8 Å². The minimum atomic E-state index is -1.02. The van der Waals surface area contributed by atoms with E-state index in [4.69, 9.17) is 9.84 Å². The third-order valence-electron chi connectivity index (χ3n) is 2.93. The lowest BCUT2D eigenvalue weighted by molar-refractivity contribution is 0.0697. The predicted octanol–water partition coefficient (Wildman–Crippen LogP) is 4.76. The summed E-state index contributed by atoms with van der Waals surface area (Å²) < 4.78 is 6.71. The average Bonchev–Trinajstić information content (AvgIpc) is 2.53. The molecular formula is C16H13Br2NO4. The van der Waals surface area contributed by atoms with Crippen LogP contribution in [-0.2, 0) is 0 Å². The first-order valence-corrected chi connectivity index (χ1v) is 8.23. The third kappa shape index (κ3) is 4.11. The highest BCUT2D eigenvalue weighted by Crippen LogP contribution is 2.39. The summed E-state index contributed by atoms with van der Waals surface area (Å²) in [6.07, 6.45) is 1.45. The van der Waals surface area contributed by atoms with E-state index < -0.39 is 5.97 Å². The second-order valence-electron chi connectivity index (χ2n) is 4.48. The topological polar surface area (TPSA) is 79.1 Å². The number of aromatic carboxylic acids is 1. The molecule has 23 heavy (non-hydrogen) atoms. The first-order chi connectivity index (χ1) is 10.9. The van der Waals surface area contributed by atoms with Crippen LogP contribution in [0.15, 0.2) is 44.3 Å². The van der Waals surface area contributed by atoms with E-state index in [0.717, 1.165) is 0 Å². The Kier molecular flexibility index (Phi) is 5.79. The van der Waals surface area contributed by atoms with E-state index in [1.165, 1.54) is 18.3 Å². The zero-order valence-corrected chi connectivity index (χ0v) is 15.3. The van der Waals surface area contributed by atoms with Crippen molar-refractivity contribution < 1.29 is 19.7 Å². The molecule has 0 spiro atoms. The summed E-state index contributed by atoms with van der Waals surface area (Å²) >= 11 is 6.76. The molecule has 7 heteroatoms. The summed E-state index contributed by atoms with van der Waals surface area (Å²) in [5.74, 6) is -0.726. The molecule has 0 fully saturated rings. The first kappa shape index (κ1) is 17.5. The van der Waals surface area contributed by atoms with Gasteiger partial charge in [-0.25, -0.2) is 4.79 Å². The van der Waals surface area contributed by atoms with Gasteiger partial charge in [-0.15, -0.1) is 0 Å². The van der Waals surface area contributed by atoms with Crippen molar-refractivity contribution in [2.45, 2.75) is 6.92 Å². The van der Waals surface area contributed by atoms with Crippen molar-refractivity contribution in [3.05, 3.63) is 50.4 Å². The minimum absolute atomic E-state index is 0.0416. The quantitative estimate of drug-likeness (QED) is 0.654. The Morgan fingerprint density at radius 2 is 2.09 bits per heavy atom. The number of carboxylic acids is 1.